The molecule has 287 valence electrons. The summed E-state index contributed by atoms with van der Waals surface area (Å²) in [5, 5.41) is 0. The van der Waals surface area contributed by atoms with Crippen LogP contribution in [0.4, 0.5) is 34.6 Å². The Kier molecular flexibility index (Phi) is 12.0. The Balaban J connectivity index is 0.000000188. The minimum absolute atomic E-state index is 0. The number of imidazole rings is 1. The first-order valence-corrected chi connectivity index (χ1v) is 18.7. The molecule has 56 heavy (non-hydrogen) atoms. The average Bonchev–Trinajstić information content (AvgIpc) is 3.93. The molecule has 0 bridgehead atoms. The summed E-state index contributed by atoms with van der Waals surface area (Å²) in [7, 11) is 0. The number of benzene rings is 3. The van der Waals surface area contributed by atoms with Gasteiger partial charge in [0.25, 0.3) is 0 Å². The number of hydrogen-bond acceptors (Lipinski definition) is 10. The minimum atomic E-state index is 0. The fourth-order valence-electron chi connectivity index (χ4n) is 6.94. The van der Waals surface area contributed by atoms with Gasteiger partial charge in [-0.05, 0) is 37.8 Å². The summed E-state index contributed by atoms with van der Waals surface area (Å²) < 4.78 is 2.18. The van der Waals surface area contributed by atoms with E-state index in [0.29, 0.717) is 11.8 Å². The van der Waals surface area contributed by atoms with Crippen LogP contribution >= 0.6 is 0 Å². The fraction of sp³-hybridized carbons (Fsp3) is 0.227. The topological polar surface area (TPSA) is 94.7 Å². The van der Waals surface area contributed by atoms with Gasteiger partial charge >= 0.3 is 0 Å². The van der Waals surface area contributed by atoms with Crippen molar-refractivity contribution in [3.8, 4) is 11.3 Å². The normalized spacial score (nSPS) is 13.2. The molecule has 0 fully saturated rings. The molecule has 11 nitrogen and oxygen atoms in total. The Labute approximate surface area is 342 Å². The van der Waals surface area contributed by atoms with E-state index in [9.17, 15) is 0 Å². The second-order valence-corrected chi connectivity index (χ2v) is 13.9. The molecule has 0 aliphatic carbocycles. The second kappa shape index (κ2) is 17.4. The van der Waals surface area contributed by atoms with Gasteiger partial charge in [0, 0.05) is 68.7 Å². The number of fused-ring (bicyclic) bond motifs is 3. The van der Waals surface area contributed by atoms with Gasteiger partial charge in [-0.15, -0.1) is 60.6 Å². The third kappa shape index (κ3) is 7.85. The van der Waals surface area contributed by atoms with E-state index >= 15 is 0 Å². The van der Waals surface area contributed by atoms with Gasteiger partial charge in [0.1, 0.15) is 28.9 Å². The van der Waals surface area contributed by atoms with Crippen LogP contribution < -0.4 is 19.6 Å². The molecule has 7 aromatic rings. The summed E-state index contributed by atoms with van der Waals surface area (Å²) in [5.41, 5.74) is 7.14. The maximum atomic E-state index is 4.89. The minimum Gasteiger partial charge on any atom is -0.485 e. The number of anilines is 6. The van der Waals surface area contributed by atoms with Crippen LogP contribution in [0.15, 0.2) is 110 Å². The van der Waals surface area contributed by atoms with E-state index in [2.05, 4.69) is 98.4 Å². The SMILES string of the molecule is CC(C)c1nc2c(-c3[c-]cccc3)nccn2c1C(C)C.[Ir].[c-]1ccccc1N1[CH-]N(CCCCN2[CH-]N(c3[c-]cccc3)c3nccnc32)c2nccnc21. The molecule has 0 atom stereocenters. The molecule has 2 aliphatic heterocycles. The number of hydrogen-bond donors (Lipinski definition) is 0. The molecule has 2 aliphatic rings. The Morgan fingerprint density at radius 1 is 0.589 bits per heavy atom. The third-order valence-electron chi connectivity index (χ3n) is 9.45. The largest absolute Gasteiger partial charge is 0.485 e. The van der Waals surface area contributed by atoms with Crippen molar-refractivity contribution in [3.05, 3.63) is 153 Å². The molecule has 9 rings (SSSR count). The van der Waals surface area contributed by atoms with Crippen molar-refractivity contribution in [2.24, 2.45) is 0 Å². The zero-order chi connectivity index (χ0) is 37.7. The van der Waals surface area contributed by atoms with Gasteiger partial charge in [0.05, 0.1) is 5.69 Å². The van der Waals surface area contributed by atoms with E-state index in [1.165, 1.54) is 5.69 Å². The van der Waals surface area contributed by atoms with Crippen molar-refractivity contribution in [3.63, 3.8) is 0 Å². The first-order valence-electron chi connectivity index (χ1n) is 18.7. The summed E-state index contributed by atoms with van der Waals surface area (Å²) in [5.74, 6) is 4.22. The van der Waals surface area contributed by atoms with Crippen LogP contribution in [-0.4, -0.2) is 47.4 Å². The molecule has 12 heteroatoms. The van der Waals surface area contributed by atoms with E-state index in [-0.39, 0.29) is 20.1 Å². The molecule has 1 radical (unpaired) electrons. The fourth-order valence-corrected chi connectivity index (χ4v) is 6.94. The van der Waals surface area contributed by atoms with Gasteiger partial charge in [-0.25, -0.2) is 24.9 Å². The maximum Gasteiger partial charge on any atom is 0.143 e. The van der Waals surface area contributed by atoms with Gasteiger partial charge < -0.3 is 24.0 Å². The summed E-state index contributed by atoms with van der Waals surface area (Å²) >= 11 is 0. The van der Waals surface area contributed by atoms with Crippen LogP contribution in [0.25, 0.3) is 16.9 Å². The predicted molar refractivity (Wildman–Crippen MR) is 217 cm³/mol. The zero-order valence-electron chi connectivity index (χ0n) is 31.8. The van der Waals surface area contributed by atoms with Crippen molar-refractivity contribution >= 4 is 40.3 Å². The monoisotopic (exact) mass is 917 g/mol. The molecular formula is C44H42IrN11-5. The molecule has 0 unspecified atom stereocenters. The maximum absolute atomic E-state index is 4.89. The predicted octanol–water partition coefficient (Wildman–Crippen LogP) is 8.94. The number of nitrogens with zero attached hydrogens (tertiary/aromatic N) is 11. The van der Waals surface area contributed by atoms with E-state index in [0.717, 1.165) is 83.2 Å². The van der Waals surface area contributed by atoms with Crippen LogP contribution in [0, 0.1) is 31.5 Å². The Hall–Kier alpha value is -5.71. The molecule has 3 aromatic carbocycles. The van der Waals surface area contributed by atoms with Gasteiger partial charge in [-0.2, -0.15) is 60.7 Å². The van der Waals surface area contributed by atoms with Crippen molar-refractivity contribution in [1.29, 1.82) is 0 Å². The molecule has 0 saturated carbocycles. The number of rotatable bonds is 10. The molecule has 0 amide bonds. The Bertz CT molecular complexity index is 2240. The molecule has 0 N–H and O–H groups in total. The third-order valence-corrected chi connectivity index (χ3v) is 9.45. The van der Waals surface area contributed by atoms with Crippen LogP contribution in [0.5, 0.6) is 0 Å². The van der Waals surface area contributed by atoms with Gasteiger partial charge in [-0.1, -0.05) is 27.7 Å². The number of aromatic nitrogens is 7. The first kappa shape index (κ1) is 38.6. The standard InChI is InChI=1S/C26H22N8.C18H20N3.Ir/c1-3-9-21(10-4-1)33-19-31(23-25(33)29-15-13-27-23)17-7-8-18-32-20-34(22-11-5-2-6-12-22)26-24(32)28-14-16-30-26;1-12(2)15-17(13(3)4)21-11-10-19-16(18(21)20-15)14-8-6-5-7-9-14;/h1-6,9,11,13-16,19-20H,7-8,17-18H2;5-8,10-13H,1-4H3;/q-4;-1;. The van der Waals surface area contributed by atoms with E-state index in [1.807, 2.05) is 95.0 Å². The quantitative estimate of drug-likeness (QED) is 0.0979. The van der Waals surface area contributed by atoms with Crippen molar-refractivity contribution in [2.45, 2.75) is 52.4 Å². The Morgan fingerprint density at radius 3 is 1.57 bits per heavy atom. The van der Waals surface area contributed by atoms with Crippen molar-refractivity contribution in [2.75, 3.05) is 32.7 Å². The molecule has 4 aromatic heterocycles. The second-order valence-electron chi connectivity index (χ2n) is 13.9. The first-order chi connectivity index (χ1) is 27.0. The summed E-state index contributed by atoms with van der Waals surface area (Å²) in [4.78, 5) is 36.1. The van der Waals surface area contributed by atoms with Crippen LogP contribution in [0.3, 0.4) is 0 Å². The van der Waals surface area contributed by atoms with Crippen molar-refractivity contribution in [1.82, 2.24) is 34.3 Å². The van der Waals surface area contributed by atoms with Gasteiger partial charge in [-0.3, -0.25) is 4.98 Å². The van der Waals surface area contributed by atoms with Crippen LogP contribution in [-0.2, 0) is 20.1 Å². The molecule has 0 saturated heterocycles. The summed E-state index contributed by atoms with van der Waals surface area (Å²) in [6.45, 7) is 14.6. The van der Waals surface area contributed by atoms with E-state index < -0.39 is 0 Å². The van der Waals surface area contributed by atoms with Crippen LogP contribution in [0.1, 0.15) is 63.8 Å². The number of para-hydroxylation sites is 2. The summed E-state index contributed by atoms with van der Waals surface area (Å²) in [6, 6.07) is 33.5. The van der Waals surface area contributed by atoms with E-state index in [1.54, 1.807) is 24.8 Å². The molecule has 6 heterocycles. The van der Waals surface area contributed by atoms with Crippen LogP contribution in [0.2, 0.25) is 0 Å². The van der Waals surface area contributed by atoms with E-state index in [4.69, 9.17) is 4.98 Å². The number of unbranched alkanes of at least 4 members (excludes halogenated alkanes) is 1. The summed E-state index contributed by atoms with van der Waals surface area (Å²) in [6.07, 6.45) is 12.8. The molecular weight excluding hydrogens is 875 g/mol. The molecule has 0 spiro atoms. The van der Waals surface area contributed by atoms with Gasteiger partial charge in [0.15, 0.2) is 0 Å². The smallest absolute Gasteiger partial charge is 0.143 e. The van der Waals surface area contributed by atoms with Crippen molar-refractivity contribution < 1.29 is 20.1 Å². The average molecular weight is 917 g/mol. The van der Waals surface area contributed by atoms with Gasteiger partial charge in [0.2, 0.25) is 0 Å². The Morgan fingerprint density at radius 2 is 1.11 bits per heavy atom. The zero-order valence-corrected chi connectivity index (χ0v) is 34.2.